The Morgan fingerprint density at radius 2 is 1.85 bits per heavy atom. The maximum absolute atomic E-state index is 12.6. The zero-order valence-corrected chi connectivity index (χ0v) is 17.5. The Labute approximate surface area is 164 Å². The van der Waals surface area contributed by atoms with E-state index in [9.17, 15) is 4.79 Å². The highest BCUT2D eigenvalue weighted by atomic mass is 16.6. The van der Waals surface area contributed by atoms with Gasteiger partial charge in [0.15, 0.2) is 0 Å². The minimum atomic E-state index is -0.0567. The Balaban J connectivity index is 1.66. The third-order valence-electron chi connectivity index (χ3n) is 8.83. The number of ketones is 1. The van der Waals surface area contributed by atoms with Gasteiger partial charge in [0.1, 0.15) is 12.4 Å². The van der Waals surface area contributed by atoms with Crippen molar-refractivity contribution in [2.24, 2.45) is 44.9 Å². The molecule has 0 spiro atoms. The third-order valence-corrected chi connectivity index (χ3v) is 8.83. The van der Waals surface area contributed by atoms with E-state index in [1.807, 2.05) is 0 Å². The molecule has 5 atom stereocenters. The predicted molar refractivity (Wildman–Crippen MR) is 108 cm³/mol. The number of nitrogens with two attached hydrogens (primary N) is 1. The summed E-state index contributed by atoms with van der Waals surface area (Å²) in [4.78, 5) is 18.0. The lowest BCUT2D eigenvalue weighted by molar-refractivity contribution is -0.131. The predicted octanol–water partition coefficient (Wildman–Crippen LogP) is 4.49. The molecule has 0 aromatic carbocycles. The molecule has 2 N–H and O–H groups in total. The molecule has 4 rings (SSSR count). The van der Waals surface area contributed by atoms with Gasteiger partial charge in [0.2, 0.25) is 0 Å². The van der Waals surface area contributed by atoms with Crippen LogP contribution in [0.3, 0.4) is 0 Å². The van der Waals surface area contributed by atoms with Crippen LogP contribution in [0.4, 0.5) is 0 Å². The van der Waals surface area contributed by atoms with Crippen molar-refractivity contribution in [2.75, 3.05) is 13.2 Å². The zero-order chi connectivity index (χ0) is 19.4. The van der Waals surface area contributed by atoms with E-state index in [4.69, 9.17) is 10.6 Å². The molecular weight excluding hydrogens is 336 g/mol. The Bertz CT molecular complexity index is 694. The van der Waals surface area contributed by atoms with Gasteiger partial charge in [-0.3, -0.25) is 4.79 Å². The van der Waals surface area contributed by atoms with E-state index in [1.54, 1.807) is 5.57 Å². The van der Waals surface area contributed by atoms with Crippen molar-refractivity contribution >= 4 is 11.5 Å². The third kappa shape index (κ3) is 2.66. The molecule has 0 unspecified atom stereocenters. The summed E-state index contributed by atoms with van der Waals surface area (Å²) >= 11 is 0. The minimum Gasteiger partial charge on any atom is -0.394 e. The van der Waals surface area contributed by atoms with Gasteiger partial charge >= 0.3 is 0 Å². The SMILES string of the molecule is CC1(C)C2=CC[C@@H]3[C@H](CC[C@]4(C)C(=O)CC[C@@H]34)[C@@]2(C)CC/C1=N/OCCN. The second-order valence-electron chi connectivity index (χ2n) is 10.4. The lowest BCUT2D eigenvalue weighted by atomic mass is 9.45. The van der Waals surface area contributed by atoms with E-state index < -0.39 is 0 Å². The first-order valence-corrected chi connectivity index (χ1v) is 10.9. The molecule has 0 heterocycles. The van der Waals surface area contributed by atoms with Crippen LogP contribution in [-0.2, 0) is 9.63 Å². The largest absolute Gasteiger partial charge is 0.394 e. The molecule has 4 aliphatic carbocycles. The molecule has 4 aliphatic rings. The maximum Gasteiger partial charge on any atom is 0.139 e. The molecule has 0 saturated heterocycles. The first kappa shape index (κ1) is 19.2. The van der Waals surface area contributed by atoms with Crippen LogP contribution in [-0.4, -0.2) is 24.6 Å². The average Bonchev–Trinajstić information content (AvgIpc) is 2.92. The van der Waals surface area contributed by atoms with E-state index in [-0.39, 0.29) is 16.2 Å². The van der Waals surface area contributed by atoms with Crippen LogP contribution >= 0.6 is 0 Å². The molecule has 0 bridgehead atoms. The topological polar surface area (TPSA) is 64.7 Å². The van der Waals surface area contributed by atoms with Crippen molar-refractivity contribution in [3.05, 3.63) is 11.6 Å². The number of fused-ring (bicyclic) bond motifs is 5. The fourth-order valence-corrected chi connectivity index (χ4v) is 7.34. The van der Waals surface area contributed by atoms with Crippen LogP contribution in [0.25, 0.3) is 0 Å². The summed E-state index contributed by atoms with van der Waals surface area (Å²) in [5, 5.41) is 4.48. The van der Waals surface area contributed by atoms with Crippen LogP contribution in [0.1, 0.15) is 72.6 Å². The van der Waals surface area contributed by atoms with Gasteiger partial charge in [-0.15, -0.1) is 0 Å². The Kier molecular flexibility index (Phi) is 4.57. The highest BCUT2D eigenvalue weighted by molar-refractivity contribution is 5.93. The lowest BCUT2D eigenvalue weighted by Gasteiger charge is -2.59. The van der Waals surface area contributed by atoms with Gasteiger partial charge in [-0.25, -0.2) is 0 Å². The van der Waals surface area contributed by atoms with Gasteiger partial charge < -0.3 is 10.6 Å². The minimum absolute atomic E-state index is 0.0459. The number of carbonyl (C=O) groups excluding carboxylic acids is 1. The summed E-state index contributed by atoms with van der Waals surface area (Å²) in [6.45, 7) is 10.4. The van der Waals surface area contributed by atoms with Crippen molar-refractivity contribution in [2.45, 2.75) is 72.6 Å². The fraction of sp³-hybridized carbons (Fsp3) is 0.826. The number of hydrogen-bond donors (Lipinski definition) is 1. The van der Waals surface area contributed by atoms with E-state index in [2.05, 4.69) is 38.9 Å². The highest BCUT2D eigenvalue weighted by Gasteiger charge is 2.60. The summed E-state index contributed by atoms with van der Waals surface area (Å²) in [5.41, 5.74) is 8.39. The second kappa shape index (κ2) is 6.43. The van der Waals surface area contributed by atoms with Gasteiger partial charge in [-0.1, -0.05) is 44.5 Å². The first-order valence-electron chi connectivity index (χ1n) is 10.9. The summed E-state index contributed by atoms with van der Waals surface area (Å²) in [7, 11) is 0. The Hall–Kier alpha value is -1.16. The summed E-state index contributed by atoms with van der Waals surface area (Å²) in [6.07, 6.45) is 9.99. The number of allylic oxidation sites excluding steroid dienone is 2. The molecule has 4 nitrogen and oxygen atoms in total. The van der Waals surface area contributed by atoms with Crippen LogP contribution in [0.5, 0.6) is 0 Å². The van der Waals surface area contributed by atoms with E-state index in [0.717, 1.165) is 44.2 Å². The van der Waals surface area contributed by atoms with E-state index in [0.29, 0.717) is 36.7 Å². The molecule has 150 valence electrons. The van der Waals surface area contributed by atoms with Crippen molar-refractivity contribution in [1.82, 2.24) is 0 Å². The van der Waals surface area contributed by atoms with Crippen LogP contribution in [0.15, 0.2) is 16.8 Å². The fourth-order valence-electron chi connectivity index (χ4n) is 7.34. The van der Waals surface area contributed by atoms with Crippen molar-refractivity contribution in [1.29, 1.82) is 0 Å². The normalized spacial score (nSPS) is 44.3. The summed E-state index contributed by atoms with van der Waals surface area (Å²) in [6, 6.07) is 0. The highest BCUT2D eigenvalue weighted by Crippen LogP contribution is 2.65. The molecule has 0 aromatic rings. The molecule has 0 radical (unpaired) electrons. The number of oxime groups is 1. The number of nitrogens with zero attached hydrogens (tertiary/aromatic N) is 1. The summed E-state index contributed by atoms with van der Waals surface area (Å²) in [5.74, 6) is 2.49. The number of rotatable bonds is 3. The molecule has 3 fully saturated rings. The second-order valence-corrected chi connectivity index (χ2v) is 10.4. The molecule has 3 saturated carbocycles. The van der Waals surface area contributed by atoms with Gasteiger partial charge in [-0.2, -0.15) is 0 Å². The first-order chi connectivity index (χ1) is 12.7. The molecule has 0 amide bonds. The molecule has 4 heteroatoms. The number of carbonyl (C=O) groups is 1. The van der Waals surface area contributed by atoms with Crippen molar-refractivity contribution in [3.63, 3.8) is 0 Å². The maximum atomic E-state index is 12.6. The van der Waals surface area contributed by atoms with Crippen LogP contribution in [0, 0.1) is 34.0 Å². The molecular formula is C23H36N2O2. The van der Waals surface area contributed by atoms with Gasteiger partial charge in [-0.05, 0) is 61.7 Å². The summed E-state index contributed by atoms with van der Waals surface area (Å²) < 4.78 is 0. The van der Waals surface area contributed by atoms with Gasteiger partial charge in [0.05, 0.1) is 5.71 Å². The lowest BCUT2D eigenvalue weighted by Crippen LogP contribution is -2.53. The molecule has 27 heavy (non-hydrogen) atoms. The Morgan fingerprint density at radius 3 is 2.59 bits per heavy atom. The number of Topliss-reactive ketones (excluding diaryl/α,β-unsaturated/α-hetero) is 1. The van der Waals surface area contributed by atoms with Crippen molar-refractivity contribution < 1.29 is 9.63 Å². The Morgan fingerprint density at radius 1 is 1.11 bits per heavy atom. The van der Waals surface area contributed by atoms with Crippen LogP contribution in [0.2, 0.25) is 0 Å². The standard InChI is InChI=1S/C23H36N2O2/c1-21(2)18-7-5-15-16-6-8-20(26)23(16,4)11-9-17(15)22(18,3)12-10-19(21)25-27-14-13-24/h7,15-17H,5-6,8-14,24H2,1-4H3/b25-19-/t15-,16-,17-,22+,23-/m0/s1. The van der Waals surface area contributed by atoms with Gasteiger partial charge in [0, 0.05) is 23.8 Å². The molecule has 0 aromatic heterocycles. The smallest absolute Gasteiger partial charge is 0.139 e. The van der Waals surface area contributed by atoms with E-state index in [1.165, 1.54) is 6.42 Å². The van der Waals surface area contributed by atoms with Crippen LogP contribution < -0.4 is 5.73 Å². The zero-order valence-electron chi connectivity index (χ0n) is 17.5. The van der Waals surface area contributed by atoms with E-state index >= 15 is 0 Å². The van der Waals surface area contributed by atoms with Gasteiger partial charge in [0.25, 0.3) is 0 Å². The van der Waals surface area contributed by atoms with Crippen molar-refractivity contribution in [3.8, 4) is 0 Å². The number of hydrogen-bond acceptors (Lipinski definition) is 4. The average molecular weight is 373 g/mol. The monoisotopic (exact) mass is 372 g/mol. The quantitative estimate of drug-likeness (QED) is 0.451. The molecule has 0 aliphatic heterocycles.